The lowest BCUT2D eigenvalue weighted by Crippen LogP contribution is -2.45. The Kier molecular flexibility index (Phi) is 8.18. The van der Waals surface area contributed by atoms with Crippen LogP contribution in [0.5, 0.6) is 11.5 Å². The van der Waals surface area contributed by atoms with Gasteiger partial charge in [-0.1, -0.05) is 0 Å². The maximum Gasteiger partial charge on any atom is 0.338 e. The van der Waals surface area contributed by atoms with Crippen molar-refractivity contribution in [2.75, 3.05) is 13.7 Å². The smallest absolute Gasteiger partial charge is 0.338 e. The van der Waals surface area contributed by atoms with Crippen LogP contribution in [0.2, 0.25) is 0 Å². The van der Waals surface area contributed by atoms with Crippen LogP contribution in [0.1, 0.15) is 31.0 Å². The molecule has 0 aliphatic carbocycles. The fourth-order valence-corrected chi connectivity index (χ4v) is 4.01. The molecule has 0 fully saturated rings. The standard InChI is InChI=1S/C23H22BrN3O5S/c1-4-31-22(29)19-13(2)26-23(33)27-20(19)15-11-16(24)21(17(12-15)30-3)32-18(28)6-5-14-7-9-25-10-8-14/h5-12,20H,4H2,1-3H3,(H2,26,27,33)/b6-5+. The Morgan fingerprint density at radius 3 is 2.67 bits per heavy atom. The summed E-state index contributed by atoms with van der Waals surface area (Å²) in [6.07, 6.45) is 6.19. The van der Waals surface area contributed by atoms with Crippen molar-refractivity contribution < 1.29 is 23.8 Å². The highest BCUT2D eigenvalue weighted by Gasteiger charge is 2.32. The number of halogens is 1. The van der Waals surface area contributed by atoms with Gasteiger partial charge in [0.2, 0.25) is 0 Å². The third-order valence-corrected chi connectivity index (χ3v) is 5.48. The molecule has 0 saturated heterocycles. The Morgan fingerprint density at radius 1 is 1.27 bits per heavy atom. The fraction of sp³-hybridized carbons (Fsp3) is 0.217. The molecule has 1 aliphatic heterocycles. The van der Waals surface area contributed by atoms with Gasteiger partial charge in [-0.05, 0) is 83.5 Å². The summed E-state index contributed by atoms with van der Waals surface area (Å²) in [6, 6.07) is 6.36. The molecule has 1 aromatic heterocycles. The SMILES string of the molecule is CCOC(=O)C1=C(C)NC(=S)NC1c1cc(Br)c(OC(=O)/C=C/c2ccncc2)c(OC)c1. The topological polar surface area (TPSA) is 98.8 Å². The van der Waals surface area contributed by atoms with Crippen LogP contribution in [-0.4, -0.2) is 35.8 Å². The highest BCUT2D eigenvalue weighted by atomic mass is 79.9. The maximum atomic E-state index is 12.6. The van der Waals surface area contributed by atoms with E-state index in [1.54, 1.807) is 56.6 Å². The lowest BCUT2D eigenvalue weighted by atomic mass is 9.95. The molecular weight excluding hydrogens is 510 g/mol. The van der Waals surface area contributed by atoms with Crippen molar-refractivity contribution in [3.63, 3.8) is 0 Å². The van der Waals surface area contributed by atoms with Crippen LogP contribution in [0.15, 0.2) is 58.5 Å². The van der Waals surface area contributed by atoms with Crippen LogP contribution >= 0.6 is 28.1 Å². The molecule has 2 aromatic rings. The van der Waals surface area contributed by atoms with E-state index in [-0.39, 0.29) is 12.4 Å². The first kappa shape index (κ1) is 24.4. The summed E-state index contributed by atoms with van der Waals surface area (Å²) in [6.45, 7) is 3.73. The highest BCUT2D eigenvalue weighted by Crippen LogP contribution is 2.40. The molecule has 172 valence electrons. The van der Waals surface area contributed by atoms with Crippen molar-refractivity contribution in [1.29, 1.82) is 0 Å². The van der Waals surface area contributed by atoms with Crippen molar-refractivity contribution in [2.24, 2.45) is 0 Å². The number of rotatable bonds is 7. The highest BCUT2D eigenvalue weighted by molar-refractivity contribution is 9.10. The molecule has 1 unspecified atom stereocenters. The Balaban J connectivity index is 1.91. The number of hydrogen-bond donors (Lipinski definition) is 2. The molecule has 1 atom stereocenters. The van der Waals surface area contributed by atoms with Gasteiger partial charge < -0.3 is 24.8 Å². The lowest BCUT2D eigenvalue weighted by molar-refractivity contribution is -0.139. The largest absolute Gasteiger partial charge is 0.493 e. The molecular formula is C23H22BrN3O5S. The summed E-state index contributed by atoms with van der Waals surface area (Å²) in [4.78, 5) is 28.9. The minimum absolute atomic E-state index is 0.209. The molecule has 0 radical (unpaired) electrons. The number of benzene rings is 1. The van der Waals surface area contributed by atoms with Crippen LogP contribution in [0, 0.1) is 0 Å². The van der Waals surface area contributed by atoms with Gasteiger partial charge in [0.25, 0.3) is 0 Å². The number of thiocarbonyl (C=S) groups is 1. The first-order valence-electron chi connectivity index (χ1n) is 9.96. The average Bonchev–Trinajstić information content (AvgIpc) is 2.79. The number of pyridine rings is 1. The zero-order valence-electron chi connectivity index (χ0n) is 18.2. The average molecular weight is 532 g/mol. The van der Waals surface area contributed by atoms with Gasteiger partial charge in [-0.25, -0.2) is 9.59 Å². The predicted octanol–water partition coefficient (Wildman–Crippen LogP) is 3.83. The molecule has 2 heterocycles. The third kappa shape index (κ3) is 5.96. The summed E-state index contributed by atoms with van der Waals surface area (Å²) >= 11 is 8.73. The molecule has 2 N–H and O–H groups in total. The van der Waals surface area contributed by atoms with Crippen molar-refractivity contribution in [2.45, 2.75) is 19.9 Å². The molecule has 0 bridgehead atoms. The zero-order valence-corrected chi connectivity index (χ0v) is 20.6. The Bertz CT molecular complexity index is 1130. The fourth-order valence-electron chi connectivity index (χ4n) is 3.20. The van der Waals surface area contributed by atoms with Crippen LogP contribution in [0.25, 0.3) is 6.08 Å². The van der Waals surface area contributed by atoms with Gasteiger partial charge in [0, 0.05) is 24.2 Å². The van der Waals surface area contributed by atoms with Crippen LogP contribution in [-0.2, 0) is 14.3 Å². The van der Waals surface area contributed by atoms with Gasteiger partial charge in [-0.3, -0.25) is 4.98 Å². The lowest BCUT2D eigenvalue weighted by Gasteiger charge is -2.30. The minimum Gasteiger partial charge on any atom is -0.493 e. The Labute approximate surface area is 205 Å². The molecule has 1 aliphatic rings. The maximum absolute atomic E-state index is 12.6. The van der Waals surface area contributed by atoms with E-state index in [9.17, 15) is 9.59 Å². The van der Waals surface area contributed by atoms with Crippen LogP contribution < -0.4 is 20.1 Å². The number of methoxy groups -OCH3 is 1. The third-order valence-electron chi connectivity index (χ3n) is 4.67. The predicted molar refractivity (Wildman–Crippen MR) is 131 cm³/mol. The second-order valence-corrected chi connectivity index (χ2v) is 8.12. The zero-order chi connectivity index (χ0) is 24.0. The monoisotopic (exact) mass is 531 g/mol. The van der Waals surface area contributed by atoms with Gasteiger partial charge in [0.05, 0.1) is 29.8 Å². The quantitative estimate of drug-likeness (QED) is 0.239. The number of aromatic nitrogens is 1. The summed E-state index contributed by atoms with van der Waals surface area (Å²) < 4.78 is 16.7. The normalized spacial score (nSPS) is 15.6. The van der Waals surface area contributed by atoms with Crippen molar-refractivity contribution in [3.05, 3.63) is 69.6 Å². The van der Waals surface area contributed by atoms with E-state index in [1.807, 2.05) is 0 Å². The first-order valence-corrected chi connectivity index (χ1v) is 11.2. The number of nitrogens with one attached hydrogen (secondary N) is 2. The van der Waals surface area contributed by atoms with E-state index >= 15 is 0 Å². The molecule has 8 nitrogen and oxygen atoms in total. The molecule has 10 heteroatoms. The van der Waals surface area contributed by atoms with Crippen molar-refractivity contribution in [3.8, 4) is 11.5 Å². The van der Waals surface area contributed by atoms with E-state index in [1.165, 1.54) is 13.2 Å². The first-order chi connectivity index (χ1) is 15.8. The second-order valence-electron chi connectivity index (χ2n) is 6.86. The van der Waals surface area contributed by atoms with Gasteiger partial charge in [0.1, 0.15) is 0 Å². The second kappa shape index (κ2) is 11.1. The number of carbonyl (C=O) groups excluding carboxylic acids is 2. The number of carbonyl (C=O) groups is 2. The molecule has 3 rings (SSSR count). The summed E-state index contributed by atoms with van der Waals surface area (Å²) in [7, 11) is 1.46. The molecule has 33 heavy (non-hydrogen) atoms. The number of allylic oxidation sites excluding steroid dienone is 1. The number of hydrogen-bond acceptors (Lipinski definition) is 7. The van der Waals surface area contributed by atoms with E-state index in [4.69, 9.17) is 26.4 Å². The van der Waals surface area contributed by atoms with Gasteiger partial charge in [0.15, 0.2) is 16.6 Å². The van der Waals surface area contributed by atoms with Crippen LogP contribution in [0.3, 0.4) is 0 Å². The van der Waals surface area contributed by atoms with E-state index < -0.39 is 18.0 Å². The molecule has 0 saturated carbocycles. The summed E-state index contributed by atoms with van der Waals surface area (Å²) in [5.41, 5.74) is 2.46. The van der Waals surface area contributed by atoms with E-state index in [2.05, 4.69) is 31.5 Å². The van der Waals surface area contributed by atoms with E-state index in [0.717, 1.165) is 5.56 Å². The number of ether oxygens (including phenoxy) is 3. The van der Waals surface area contributed by atoms with Crippen molar-refractivity contribution >= 4 is 51.3 Å². The molecule has 0 spiro atoms. The molecule has 1 aromatic carbocycles. The molecule has 0 amide bonds. The number of nitrogens with zero attached hydrogens (tertiary/aromatic N) is 1. The van der Waals surface area contributed by atoms with Crippen LogP contribution in [0.4, 0.5) is 0 Å². The van der Waals surface area contributed by atoms with Gasteiger partial charge in [-0.15, -0.1) is 0 Å². The summed E-state index contributed by atoms with van der Waals surface area (Å²) in [5, 5.41) is 6.42. The van der Waals surface area contributed by atoms with Gasteiger partial charge in [-0.2, -0.15) is 0 Å². The number of esters is 2. The van der Waals surface area contributed by atoms with E-state index in [0.29, 0.717) is 32.2 Å². The van der Waals surface area contributed by atoms with Gasteiger partial charge >= 0.3 is 11.9 Å². The Hall–Kier alpha value is -3.24. The summed E-state index contributed by atoms with van der Waals surface area (Å²) in [5.74, 6) is -0.533. The Morgan fingerprint density at radius 2 is 2.00 bits per heavy atom. The van der Waals surface area contributed by atoms with Crippen molar-refractivity contribution in [1.82, 2.24) is 15.6 Å². The minimum atomic E-state index is -0.584.